The molecule has 1 aromatic rings. The Hall–Kier alpha value is -1.48. The van der Waals surface area contributed by atoms with Crippen molar-refractivity contribution in [3.05, 3.63) is 36.4 Å². The van der Waals surface area contributed by atoms with E-state index in [0.29, 0.717) is 19.8 Å². The molecule has 0 radical (unpaired) electrons. The first-order valence-corrected chi connectivity index (χ1v) is 7.02. The predicted molar refractivity (Wildman–Crippen MR) is 79.7 cm³/mol. The molecule has 1 rings (SSSR count). The number of rotatable bonds is 10. The Labute approximate surface area is 116 Å². The van der Waals surface area contributed by atoms with Crippen molar-refractivity contribution in [1.29, 1.82) is 0 Å². The van der Waals surface area contributed by atoms with Gasteiger partial charge in [0, 0.05) is 12.1 Å². The average Bonchev–Trinajstić information content (AvgIpc) is 2.44. The lowest BCUT2D eigenvalue weighted by atomic mass is 10.2. The lowest BCUT2D eigenvalue weighted by Gasteiger charge is -2.15. The van der Waals surface area contributed by atoms with Gasteiger partial charge >= 0.3 is 0 Å². The first-order chi connectivity index (χ1) is 9.33. The van der Waals surface area contributed by atoms with E-state index in [9.17, 15) is 0 Å². The highest BCUT2D eigenvalue weighted by molar-refractivity contribution is 5.46. The number of hydrogen-bond donors (Lipinski definition) is 1. The minimum atomic E-state index is 0.465. The minimum absolute atomic E-state index is 0.465. The van der Waals surface area contributed by atoms with Crippen LogP contribution in [0.4, 0.5) is 0 Å². The van der Waals surface area contributed by atoms with E-state index in [-0.39, 0.29) is 0 Å². The molecule has 0 atom stereocenters. The molecule has 0 unspecified atom stereocenters. The normalized spacial score (nSPS) is 10.2. The van der Waals surface area contributed by atoms with Crippen LogP contribution in [0.2, 0.25) is 0 Å². The number of allylic oxidation sites excluding steroid dienone is 1. The Balaban J connectivity index is 2.52. The van der Waals surface area contributed by atoms with Gasteiger partial charge in [0.15, 0.2) is 11.5 Å². The maximum atomic E-state index is 5.86. The van der Waals surface area contributed by atoms with Crippen molar-refractivity contribution < 1.29 is 9.47 Å². The van der Waals surface area contributed by atoms with Crippen molar-refractivity contribution in [2.75, 3.05) is 13.2 Å². The van der Waals surface area contributed by atoms with Gasteiger partial charge in [0.1, 0.15) is 0 Å². The first kappa shape index (κ1) is 15.6. The Morgan fingerprint density at radius 3 is 2.74 bits per heavy atom. The van der Waals surface area contributed by atoms with E-state index >= 15 is 0 Å². The molecule has 0 saturated heterocycles. The fourth-order valence-electron chi connectivity index (χ4n) is 1.90. The molecular formula is C16H25NO2. The second-order valence-corrected chi connectivity index (χ2v) is 4.37. The summed E-state index contributed by atoms with van der Waals surface area (Å²) in [6, 6.07) is 5.86. The summed E-state index contributed by atoms with van der Waals surface area (Å²) in [7, 11) is 0. The molecule has 0 heterocycles. The largest absolute Gasteiger partial charge is 0.490 e. The van der Waals surface area contributed by atoms with E-state index in [2.05, 4.69) is 6.58 Å². The van der Waals surface area contributed by atoms with Crippen LogP contribution in [-0.4, -0.2) is 13.2 Å². The third-order valence-electron chi connectivity index (χ3n) is 2.88. The van der Waals surface area contributed by atoms with E-state index in [0.717, 1.165) is 36.3 Å². The molecule has 0 aliphatic rings. The summed E-state index contributed by atoms with van der Waals surface area (Å²) in [5.74, 6) is 1.59. The molecule has 0 saturated carbocycles. The van der Waals surface area contributed by atoms with Crippen molar-refractivity contribution in [2.24, 2.45) is 5.73 Å². The summed E-state index contributed by atoms with van der Waals surface area (Å²) in [5, 5.41) is 0. The Morgan fingerprint density at radius 2 is 2.05 bits per heavy atom. The Morgan fingerprint density at radius 1 is 1.21 bits per heavy atom. The van der Waals surface area contributed by atoms with Crippen LogP contribution in [0.25, 0.3) is 0 Å². The van der Waals surface area contributed by atoms with Gasteiger partial charge in [-0.05, 0) is 38.7 Å². The summed E-state index contributed by atoms with van der Waals surface area (Å²) >= 11 is 0. The van der Waals surface area contributed by atoms with E-state index in [1.165, 1.54) is 6.42 Å². The van der Waals surface area contributed by atoms with E-state index in [4.69, 9.17) is 15.2 Å². The fraction of sp³-hybridized carbons (Fsp3) is 0.500. The summed E-state index contributed by atoms with van der Waals surface area (Å²) < 4.78 is 11.4. The van der Waals surface area contributed by atoms with Gasteiger partial charge in [0.25, 0.3) is 0 Å². The SMILES string of the molecule is C=CCCCCCOc1c(CN)cccc1OCC. The molecule has 106 valence electrons. The Bertz CT molecular complexity index is 377. The Kier molecular flexibility index (Phi) is 7.75. The highest BCUT2D eigenvalue weighted by Gasteiger charge is 2.09. The van der Waals surface area contributed by atoms with Gasteiger partial charge in [-0.25, -0.2) is 0 Å². The van der Waals surface area contributed by atoms with E-state index in [1.807, 2.05) is 31.2 Å². The fourth-order valence-corrected chi connectivity index (χ4v) is 1.90. The highest BCUT2D eigenvalue weighted by atomic mass is 16.5. The molecule has 0 spiro atoms. The second kappa shape index (κ2) is 9.45. The van der Waals surface area contributed by atoms with Crippen LogP contribution in [-0.2, 0) is 6.54 Å². The molecule has 3 nitrogen and oxygen atoms in total. The van der Waals surface area contributed by atoms with Gasteiger partial charge in [-0.3, -0.25) is 0 Å². The molecule has 0 aliphatic heterocycles. The van der Waals surface area contributed by atoms with Gasteiger partial charge < -0.3 is 15.2 Å². The van der Waals surface area contributed by atoms with Gasteiger partial charge in [-0.2, -0.15) is 0 Å². The molecule has 19 heavy (non-hydrogen) atoms. The van der Waals surface area contributed by atoms with Crippen molar-refractivity contribution in [3.63, 3.8) is 0 Å². The maximum Gasteiger partial charge on any atom is 0.165 e. The van der Waals surface area contributed by atoms with Crippen LogP contribution in [0.5, 0.6) is 11.5 Å². The number of nitrogens with two attached hydrogens (primary N) is 1. The molecule has 0 bridgehead atoms. The lowest BCUT2D eigenvalue weighted by molar-refractivity contribution is 0.268. The van der Waals surface area contributed by atoms with Crippen LogP contribution in [0.3, 0.4) is 0 Å². The predicted octanol–water partition coefficient (Wildman–Crippen LogP) is 3.67. The molecule has 0 fully saturated rings. The van der Waals surface area contributed by atoms with Crippen molar-refractivity contribution in [1.82, 2.24) is 0 Å². The zero-order chi connectivity index (χ0) is 13.9. The molecule has 3 heteroatoms. The molecule has 0 aromatic heterocycles. The van der Waals surface area contributed by atoms with Crippen LogP contribution >= 0.6 is 0 Å². The smallest absolute Gasteiger partial charge is 0.165 e. The number of ether oxygens (including phenoxy) is 2. The van der Waals surface area contributed by atoms with Crippen LogP contribution in [0.15, 0.2) is 30.9 Å². The van der Waals surface area contributed by atoms with Gasteiger partial charge in [-0.15, -0.1) is 6.58 Å². The highest BCUT2D eigenvalue weighted by Crippen LogP contribution is 2.31. The van der Waals surface area contributed by atoms with Crippen LogP contribution in [0, 0.1) is 0 Å². The van der Waals surface area contributed by atoms with Gasteiger partial charge in [0.2, 0.25) is 0 Å². The van der Waals surface area contributed by atoms with Gasteiger partial charge in [-0.1, -0.05) is 18.2 Å². The quantitative estimate of drug-likeness (QED) is 0.517. The van der Waals surface area contributed by atoms with E-state index in [1.54, 1.807) is 0 Å². The summed E-state index contributed by atoms with van der Waals surface area (Å²) in [6.45, 7) is 7.48. The number of hydrogen-bond acceptors (Lipinski definition) is 3. The molecule has 0 amide bonds. The zero-order valence-corrected chi connectivity index (χ0v) is 11.9. The average molecular weight is 263 g/mol. The second-order valence-electron chi connectivity index (χ2n) is 4.37. The number of benzene rings is 1. The van der Waals surface area contributed by atoms with Gasteiger partial charge in [0.05, 0.1) is 13.2 Å². The summed E-state index contributed by atoms with van der Waals surface area (Å²) in [5.41, 5.74) is 6.74. The molecule has 0 aliphatic carbocycles. The van der Waals surface area contributed by atoms with Crippen LogP contribution in [0.1, 0.15) is 38.2 Å². The third-order valence-corrected chi connectivity index (χ3v) is 2.88. The van der Waals surface area contributed by atoms with Crippen molar-refractivity contribution in [2.45, 2.75) is 39.2 Å². The maximum absolute atomic E-state index is 5.86. The number of unbranched alkanes of at least 4 members (excludes halogenated alkanes) is 3. The van der Waals surface area contributed by atoms with Crippen LogP contribution < -0.4 is 15.2 Å². The first-order valence-electron chi connectivity index (χ1n) is 7.02. The summed E-state index contributed by atoms with van der Waals surface area (Å²) in [6.07, 6.45) is 6.39. The van der Waals surface area contributed by atoms with Crippen molar-refractivity contribution in [3.8, 4) is 11.5 Å². The topological polar surface area (TPSA) is 44.5 Å². The third kappa shape index (κ3) is 5.35. The summed E-state index contributed by atoms with van der Waals surface area (Å²) in [4.78, 5) is 0. The molecular weight excluding hydrogens is 238 g/mol. The number of para-hydroxylation sites is 1. The molecule has 2 N–H and O–H groups in total. The van der Waals surface area contributed by atoms with E-state index < -0.39 is 0 Å². The standard InChI is InChI=1S/C16H25NO2/c1-3-5-6-7-8-12-19-16-14(13-17)10-9-11-15(16)18-4-2/h3,9-11H,1,4-8,12-13,17H2,2H3. The minimum Gasteiger partial charge on any atom is -0.490 e. The zero-order valence-electron chi connectivity index (χ0n) is 11.9. The molecule has 1 aromatic carbocycles. The monoisotopic (exact) mass is 263 g/mol. The van der Waals surface area contributed by atoms with Crippen molar-refractivity contribution >= 4 is 0 Å². The lowest BCUT2D eigenvalue weighted by Crippen LogP contribution is -2.06.